The van der Waals surface area contributed by atoms with Crippen LogP contribution in [0.15, 0.2) is 11.0 Å². The zero-order valence-corrected chi connectivity index (χ0v) is 9.70. The van der Waals surface area contributed by atoms with E-state index >= 15 is 0 Å². The van der Waals surface area contributed by atoms with Crippen molar-refractivity contribution in [2.75, 3.05) is 0 Å². The zero-order valence-electron chi connectivity index (χ0n) is 7.54. The van der Waals surface area contributed by atoms with Crippen molar-refractivity contribution in [3.05, 3.63) is 25.6 Å². The van der Waals surface area contributed by atoms with E-state index in [0.29, 0.717) is 6.20 Å². The van der Waals surface area contributed by atoms with Crippen LogP contribution < -0.4 is 10.2 Å². The van der Waals surface area contributed by atoms with Crippen molar-refractivity contribution in [2.45, 2.75) is 12.5 Å². The summed E-state index contributed by atoms with van der Waals surface area (Å²) in [6.07, 6.45) is -9.87. The maximum Gasteiger partial charge on any atom is 0.574 e. The molecule has 1 aromatic heterocycles. The number of nitrogens with one attached hydrogen (secondary N) is 1. The fourth-order valence-corrected chi connectivity index (χ4v) is 1.37. The molecule has 0 amide bonds. The van der Waals surface area contributed by atoms with Crippen LogP contribution in [0.5, 0.6) is 5.88 Å². The van der Waals surface area contributed by atoms with Gasteiger partial charge in [0.1, 0.15) is 0 Å². The Morgan fingerprint density at radius 3 is 2.12 bits per heavy atom. The molecule has 0 aliphatic heterocycles. The van der Waals surface area contributed by atoms with Gasteiger partial charge in [0.15, 0.2) is 5.56 Å². The highest BCUT2D eigenvalue weighted by atomic mass is 127. The summed E-state index contributed by atoms with van der Waals surface area (Å²) in [7, 11) is 0. The lowest BCUT2D eigenvalue weighted by Gasteiger charge is -2.14. The molecule has 3 nitrogen and oxygen atoms in total. The Bertz CT molecular complexity index is 477. The highest BCUT2D eigenvalue weighted by molar-refractivity contribution is 14.1. The van der Waals surface area contributed by atoms with Crippen molar-refractivity contribution < 1.29 is 31.1 Å². The first-order chi connectivity index (χ1) is 7.52. The number of ether oxygens (including phenoxy) is 1. The van der Waals surface area contributed by atoms with E-state index in [1.165, 1.54) is 22.6 Å². The van der Waals surface area contributed by atoms with Gasteiger partial charge >= 0.3 is 12.5 Å². The molecule has 0 atom stereocenters. The number of hydrogen-bond acceptors (Lipinski definition) is 2. The Balaban J connectivity index is 3.42. The van der Waals surface area contributed by atoms with Crippen molar-refractivity contribution in [1.29, 1.82) is 0 Å². The predicted molar refractivity (Wildman–Crippen MR) is 51.5 cm³/mol. The molecule has 0 unspecified atom stereocenters. The molecule has 10 heteroatoms. The SMILES string of the molecule is O=c1c(I)c[nH]c(OC(F)(F)F)c1C(F)(F)F. The molecule has 1 rings (SSSR count). The number of aromatic nitrogens is 1. The van der Waals surface area contributed by atoms with E-state index in [4.69, 9.17) is 0 Å². The second kappa shape index (κ2) is 4.38. The summed E-state index contributed by atoms with van der Waals surface area (Å²) in [4.78, 5) is 12.8. The number of rotatable bonds is 1. The molecule has 0 aliphatic carbocycles. The number of pyridine rings is 1. The Kier molecular flexibility index (Phi) is 3.64. The summed E-state index contributed by atoms with van der Waals surface area (Å²) in [6, 6.07) is 0. The van der Waals surface area contributed by atoms with Crippen LogP contribution in [0, 0.1) is 3.57 Å². The largest absolute Gasteiger partial charge is 0.574 e. The molecule has 0 radical (unpaired) electrons. The topological polar surface area (TPSA) is 42.1 Å². The van der Waals surface area contributed by atoms with Crippen LogP contribution in [0.4, 0.5) is 26.3 Å². The molecule has 96 valence electrons. The third-order valence-electron chi connectivity index (χ3n) is 1.50. The fourth-order valence-electron chi connectivity index (χ4n) is 0.943. The highest BCUT2D eigenvalue weighted by Gasteiger charge is 2.42. The van der Waals surface area contributed by atoms with Crippen LogP contribution in [0.3, 0.4) is 0 Å². The molecule has 0 saturated carbocycles. The molecule has 0 bridgehead atoms. The molecule has 0 fully saturated rings. The Hall–Kier alpha value is -0.940. The van der Waals surface area contributed by atoms with E-state index in [2.05, 4.69) is 4.74 Å². The van der Waals surface area contributed by atoms with E-state index in [0.717, 1.165) is 0 Å². The number of halogens is 7. The molecule has 0 aromatic carbocycles. The predicted octanol–water partition coefficient (Wildman–Crippen LogP) is 2.90. The van der Waals surface area contributed by atoms with Crippen LogP contribution in [-0.2, 0) is 6.18 Å². The van der Waals surface area contributed by atoms with Crippen molar-refractivity contribution in [3.63, 3.8) is 0 Å². The first-order valence-electron chi connectivity index (χ1n) is 3.76. The van der Waals surface area contributed by atoms with E-state index in [9.17, 15) is 31.1 Å². The first kappa shape index (κ1) is 14.1. The average molecular weight is 373 g/mol. The summed E-state index contributed by atoms with van der Waals surface area (Å²) >= 11 is 1.26. The van der Waals surface area contributed by atoms with Crippen molar-refractivity contribution in [2.24, 2.45) is 0 Å². The first-order valence-corrected chi connectivity index (χ1v) is 4.84. The smallest absolute Gasteiger partial charge is 0.389 e. The van der Waals surface area contributed by atoms with E-state index in [1.54, 1.807) is 4.98 Å². The van der Waals surface area contributed by atoms with Gasteiger partial charge in [0.25, 0.3) is 0 Å². The quantitative estimate of drug-likeness (QED) is 0.608. The number of alkyl halides is 6. The van der Waals surface area contributed by atoms with E-state index < -0.39 is 33.0 Å². The lowest BCUT2D eigenvalue weighted by molar-refractivity contribution is -0.278. The van der Waals surface area contributed by atoms with Crippen molar-refractivity contribution in [3.8, 4) is 5.88 Å². The van der Waals surface area contributed by atoms with Gasteiger partial charge in [-0.2, -0.15) is 13.2 Å². The molecule has 1 aromatic rings. The zero-order chi connectivity index (χ0) is 13.4. The third kappa shape index (κ3) is 3.51. The second-order valence-corrected chi connectivity index (χ2v) is 3.88. The Morgan fingerprint density at radius 2 is 1.71 bits per heavy atom. The minimum atomic E-state index is -5.32. The van der Waals surface area contributed by atoms with Gasteiger partial charge in [-0.1, -0.05) is 0 Å². The lowest BCUT2D eigenvalue weighted by Crippen LogP contribution is -2.27. The molecule has 0 spiro atoms. The molecule has 1 heterocycles. The van der Waals surface area contributed by atoms with Crippen molar-refractivity contribution >= 4 is 22.6 Å². The third-order valence-corrected chi connectivity index (χ3v) is 2.30. The van der Waals surface area contributed by atoms with Crippen molar-refractivity contribution in [1.82, 2.24) is 4.98 Å². The normalized spacial score (nSPS) is 12.6. The summed E-state index contributed by atoms with van der Waals surface area (Å²) in [5.41, 5.74) is -3.59. The fraction of sp³-hybridized carbons (Fsp3) is 0.286. The van der Waals surface area contributed by atoms with Crippen LogP contribution in [-0.4, -0.2) is 11.3 Å². The minimum Gasteiger partial charge on any atom is -0.389 e. The summed E-state index contributed by atoms with van der Waals surface area (Å²) in [6.45, 7) is 0. The van der Waals surface area contributed by atoms with Gasteiger partial charge in [0.2, 0.25) is 11.3 Å². The number of H-pyrrole nitrogens is 1. The van der Waals surface area contributed by atoms with Gasteiger partial charge in [-0.15, -0.1) is 13.2 Å². The average Bonchev–Trinajstić information content (AvgIpc) is 2.06. The Morgan fingerprint density at radius 1 is 1.18 bits per heavy atom. The Labute approximate surface area is 103 Å². The van der Waals surface area contributed by atoms with E-state index in [-0.39, 0.29) is 0 Å². The van der Waals surface area contributed by atoms with Gasteiger partial charge < -0.3 is 9.72 Å². The van der Waals surface area contributed by atoms with Gasteiger partial charge in [-0.25, -0.2) is 0 Å². The monoisotopic (exact) mass is 373 g/mol. The lowest BCUT2D eigenvalue weighted by atomic mass is 10.2. The molecule has 0 saturated heterocycles. The van der Waals surface area contributed by atoms with Gasteiger partial charge in [0, 0.05) is 6.20 Å². The van der Waals surface area contributed by atoms with E-state index in [1.807, 2.05) is 0 Å². The van der Waals surface area contributed by atoms with Gasteiger partial charge in [0.05, 0.1) is 3.57 Å². The summed E-state index contributed by atoms with van der Waals surface area (Å²) < 4.78 is 75.4. The van der Waals surface area contributed by atoms with Crippen LogP contribution in [0.2, 0.25) is 0 Å². The van der Waals surface area contributed by atoms with Crippen LogP contribution in [0.25, 0.3) is 0 Å². The van der Waals surface area contributed by atoms with Gasteiger partial charge in [-0.3, -0.25) is 4.79 Å². The highest BCUT2D eigenvalue weighted by Crippen LogP contribution is 2.34. The standard InChI is InChI=1S/C7H2F6INO2/c8-6(9,10)3-4(16)2(14)1-15-5(3)17-7(11,12)13/h1H,(H,15,16). The molecular weight excluding hydrogens is 371 g/mol. The summed E-state index contributed by atoms with van der Waals surface area (Å²) in [5, 5.41) is 0. The minimum absolute atomic E-state index is 0.399. The van der Waals surface area contributed by atoms with Crippen LogP contribution in [0.1, 0.15) is 5.56 Å². The van der Waals surface area contributed by atoms with Crippen LogP contribution >= 0.6 is 22.6 Å². The molecule has 0 aliphatic rings. The second-order valence-electron chi connectivity index (χ2n) is 2.72. The maximum atomic E-state index is 12.4. The molecular formula is C7H2F6INO2. The van der Waals surface area contributed by atoms with Gasteiger partial charge in [-0.05, 0) is 22.6 Å². The summed E-state index contributed by atoms with van der Waals surface area (Å²) in [5.74, 6) is -1.67. The molecule has 1 N–H and O–H groups in total. The number of aromatic amines is 1. The molecule has 17 heavy (non-hydrogen) atoms. The number of hydrogen-bond donors (Lipinski definition) is 1. The maximum absolute atomic E-state index is 12.4.